The van der Waals surface area contributed by atoms with E-state index < -0.39 is 40.4 Å². The van der Waals surface area contributed by atoms with Crippen molar-refractivity contribution in [3.05, 3.63) is 252 Å². The molecule has 12 aromatic rings. The molecule has 0 aliphatic carbocycles. The van der Waals surface area contributed by atoms with Crippen molar-refractivity contribution in [2.75, 3.05) is 65.0 Å². The minimum atomic E-state index is -0.649. The van der Waals surface area contributed by atoms with Gasteiger partial charge in [-0.3, -0.25) is 34.1 Å². The summed E-state index contributed by atoms with van der Waals surface area (Å²) in [6, 6.07) is 26.0. The number of rotatable bonds is 16. The molecule has 3 aromatic carbocycles. The number of aromatic nitrogens is 12. The Balaban J connectivity index is 0.000000163. The number of piperazine rings is 3. The lowest BCUT2D eigenvalue weighted by atomic mass is 10.0. The number of hydrogen-bond acceptors (Lipinski definition) is 20. The lowest BCUT2D eigenvalue weighted by Crippen LogP contribution is -2.58. The summed E-state index contributed by atoms with van der Waals surface area (Å²) in [5, 5.41) is 4.56. The van der Waals surface area contributed by atoms with Crippen LogP contribution in [0, 0.1) is 31.3 Å². The van der Waals surface area contributed by atoms with E-state index in [-0.39, 0.29) is 133 Å². The number of para-hydroxylation sites is 1. The van der Waals surface area contributed by atoms with E-state index in [4.69, 9.17) is 55.5 Å². The number of carbonyl (C=O) groups is 4. The molecule has 9 aromatic heterocycles. The number of nitrogens with one attached hydrogen (secondary N) is 1. The van der Waals surface area contributed by atoms with Gasteiger partial charge in [0, 0.05) is 118 Å². The molecule has 3 aliphatic heterocycles. The lowest BCUT2D eigenvalue weighted by Gasteiger charge is -2.44. The van der Waals surface area contributed by atoms with Crippen LogP contribution in [0.25, 0.3) is 83.9 Å². The lowest BCUT2D eigenvalue weighted by molar-refractivity contribution is -0.129. The van der Waals surface area contributed by atoms with Crippen molar-refractivity contribution >= 4 is 120 Å². The molecule has 4 amide bonds. The Bertz CT molecular complexity index is 6370. The second-order valence-corrected chi connectivity index (χ2v) is 34.2. The summed E-state index contributed by atoms with van der Waals surface area (Å²) >= 11 is 20.3. The number of fused-ring (bicyclic) bond motifs is 3. The van der Waals surface area contributed by atoms with Crippen molar-refractivity contribution in [3.63, 3.8) is 0 Å². The van der Waals surface area contributed by atoms with Crippen molar-refractivity contribution in [2.24, 2.45) is 0 Å². The maximum Gasteiger partial charge on any atom is 0.355 e. The highest BCUT2D eigenvalue weighted by Gasteiger charge is 2.39. The van der Waals surface area contributed by atoms with Gasteiger partial charge in [0.1, 0.15) is 40.6 Å². The molecule has 6 unspecified atom stereocenters. The number of nitrogens with zero attached hydrogens (tertiary/aromatic N) is 18. The van der Waals surface area contributed by atoms with Gasteiger partial charge in [-0.25, -0.2) is 56.2 Å². The minimum absolute atomic E-state index is 0.00689. The van der Waals surface area contributed by atoms with E-state index in [1.807, 2.05) is 118 Å². The topological polar surface area (TPSA) is 308 Å². The van der Waals surface area contributed by atoms with Crippen molar-refractivity contribution in [2.45, 2.75) is 158 Å². The molecule has 0 saturated carbocycles. The van der Waals surface area contributed by atoms with Gasteiger partial charge in [-0.05, 0) is 169 Å². The normalized spacial score (nSPS) is 17.1. The fourth-order valence-corrected chi connectivity index (χ4v) is 17.5. The molecule has 0 radical (unpaired) electrons. The number of nitrogen functional groups attached to an aromatic ring is 1. The molecule has 0 bridgehead atoms. The zero-order valence-corrected chi connectivity index (χ0v) is 75.4. The average molecular weight is 1780 g/mol. The molecule has 658 valence electrons. The van der Waals surface area contributed by atoms with Gasteiger partial charge in [0.25, 0.3) is 0 Å². The molecule has 6 atom stereocenters. The van der Waals surface area contributed by atoms with E-state index in [1.165, 1.54) is 63.1 Å². The summed E-state index contributed by atoms with van der Waals surface area (Å²) in [4.78, 5) is 144. The highest BCUT2D eigenvalue weighted by atomic mass is 35.5. The number of hydrogen-bond donors (Lipinski definition) is 2. The van der Waals surface area contributed by atoms with Crippen LogP contribution in [0.3, 0.4) is 0 Å². The first-order chi connectivity index (χ1) is 60.4. The molecule has 3 aliphatic rings. The summed E-state index contributed by atoms with van der Waals surface area (Å²) in [5.74, 6) is -1.75. The summed E-state index contributed by atoms with van der Waals surface area (Å²) in [5.41, 5.74) is 11.5. The van der Waals surface area contributed by atoms with Crippen LogP contribution in [0.4, 0.5) is 42.0 Å². The molecule has 27 nitrogen and oxygen atoms in total. The van der Waals surface area contributed by atoms with Gasteiger partial charge in [0.15, 0.2) is 16.9 Å². The van der Waals surface area contributed by atoms with Crippen LogP contribution in [-0.4, -0.2) is 172 Å². The van der Waals surface area contributed by atoms with Gasteiger partial charge in [-0.2, -0.15) is 15.0 Å². The van der Waals surface area contributed by atoms with Crippen molar-refractivity contribution in [1.29, 1.82) is 0 Å². The third kappa shape index (κ3) is 17.9. The maximum atomic E-state index is 15.9. The molecule has 12 heterocycles. The smallest absolute Gasteiger partial charge is 0.355 e. The summed E-state index contributed by atoms with van der Waals surface area (Å²) in [7, 11) is 0. The molecule has 15 rings (SSSR count). The molecule has 3 fully saturated rings. The fourth-order valence-electron chi connectivity index (χ4n) is 16.8. The Morgan fingerprint density at radius 3 is 1.23 bits per heavy atom. The van der Waals surface area contributed by atoms with Crippen molar-refractivity contribution < 1.29 is 32.3 Å². The van der Waals surface area contributed by atoms with E-state index in [0.717, 1.165) is 11.1 Å². The first-order valence-electron chi connectivity index (χ1n) is 41.6. The minimum Gasteiger partial charge on any atom is -0.398 e. The van der Waals surface area contributed by atoms with E-state index in [1.54, 1.807) is 106 Å². The van der Waals surface area contributed by atoms with Gasteiger partial charge >= 0.3 is 17.1 Å². The zero-order valence-electron chi connectivity index (χ0n) is 73.1. The van der Waals surface area contributed by atoms with Crippen LogP contribution in [0.2, 0.25) is 15.1 Å². The number of aryl methyl sites for hydroxylation is 2. The molecule has 127 heavy (non-hydrogen) atoms. The average Bonchev–Trinajstić information content (AvgIpc) is 0.736. The standard InChI is InChI=1S/C33H35ClFN7O3.C31H34FN7O2.C30H29Cl2FN6O2/c1-8-26(44)40-15-20(6)41(16-19(40)5)31-22-14-23(34)29(27-24(35)10-9-11-25(27)37-21(7)43)38-32(22)42(33(45)39-31)30-18(4)12-13-36-28(30)17(2)3;1-7-25(40)37-15-20(6)38(16-19(37)5)29-22-14-23(32)27(21-10-8-9-11-24(21)33)35-30(22)39(31(41)36-29)28-18(4)12-13-34-26(28)17(2)3;1-6-24(40)37-14-18(5)38(15-17(37)4)28-20-13-22(32)26(19-9-7-8-10-23(19)33)35-29(20)39(30(41)36-28)27-21(31)11-12-34-25(27)16(2)3/h8-14,17,19-20H,1,15-16H2,2-7H3,(H,37,43);7-14,17,19-20H,1,15-16,33H2,2-6H3;6-13,16-18H,1,14-15H2,2-5H3. The number of anilines is 5. The van der Waals surface area contributed by atoms with Crippen LogP contribution in [0.1, 0.15) is 136 Å². The number of carbonyl (C=O) groups excluding carboxylic acids is 4. The number of amides is 4. The Labute approximate surface area is 747 Å². The van der Waals surface area contributed by atoms with Crippen molar-refractivity contribution in [1.82, 2.24) is 73.3 Å². The van der Waals surface area contributed by atoms with Crippen molar-refractivity contribution in [3.8, 4) is 50.8 Å². The Kier molecular flexibility index (Phi) is 27.1. The molecular weight excluding hydrogens is 1680 g/mol. The molecule has 3 saturated heterocycles. The SMILES string of the molecule is C=CC(=O)N1CC(C)N(c2nc(=O)n(-c3c(C)ccnc3C(C)C)c3nc(-c4c(F)cccc4NC(C)=O)c(Cl)cc23)CC1C.C=CC(=O)N1CC(C)N(c2nc(=O)n(-c3c(C)ccnc3C(C)C)c3nc(-c4ccccc4N)c(F)cc23)CC1C.C=CC(=O)N1CC(C)N(c2nc(=O)n(-c3c(Cl)ccnc3C(C)C)c3nc(-c4ccccc4F)c(Cl)cc23)CC1C. The Morgan fingerprint density at radius 1 is 0.441 bits per heavy atom. The molecule has 33 heteroatoms. The largest absolute Gasteiger partial charge is 0.398 e. The summed E-state index contributed by atoms with van der Waals surface area (Å²) in [6.45, 7) is 41.7. The van der Waals surface area contributed by atoms with E-state index >= 15 is 8.78 Å². The van der Waals surface area contributed by atoms with Crippen LogP contribution in [0.5, 0.6) is 0 Å². The number of halogens is 6. The summed E-state index contributed by atoms with van der Waals surface area (Å²) < 4.78 is 50.5. The zero-order chi connectivity index (χ0) is 91.9. The van der Waals surface area contributed by atoms with Crippen LogP contribution < -0.4 is 42.8 Å². The fraction of sp³-hybridized carbons (Fsp3) is 0.319. The number of pyridine rings is 6. The van der Waals surface area contributed by atoms with E-state index in [2.05, 4.69) is 55.0 Å². The summed E-state index contributed by atoms with van der Waals surface area (Å²) in [6.07, 6.45) is 8.86. The Hall–Kier alpha value is -13.1. The van der Waals surface area contributed by atoms with Crippen LogP contribution >= 0.6 is 34.8 Å². The number of benzene rings is 3. The first kappa shape index (κ1) is 91.6. The molecule has 3 N–H and O–H groups in total. The predicted molar refractivity (Wildman–Crippen MR) is 495 cm³/mol. The van der Waals surface area contributed by atoms with E-state index in [9.17, 15) is 38.0 Å². The third-order valence-corrected chi connectivity index (χ3v) is 23.9. The first-order valence-corrected chi connectivity index (χ1v) is 42.7. The van der Waals surface area contributed by atoms with Gasteiger partial charge in [-0.15, -0.1) is 0 Å². The monoisotopic (exact) mass is 1780 g/mol. The second-order valence-electron chi connectivity index (χ2n) is 33.0. The highest BCUT2D eigenvalue weighted by molar-refractivity contribution is 6.35. The predicted octanol–water partition coefficient (Wildman–Crippen LogP) is 16.3. The van der Waals surface area contributed by atoms with Gasteiger partial charge in [0.2, 0.25) is 23.6 Å². The maximum absolute atomic E-state index is 15.9. The van der Waals surface area contributed by atoms with Gasteiger partial charge in [-0.1, -0.05) is 132 Å². The quantitative estimate of drug-likeness (QED) is 0.0670. The molecule has 0 spiro atoms. The molecular formula is C94H98Cl3F3N20O7. The Morgan fingerprint density at radius 2 is 0.811 bits per heavy atom. The second kappa shape index (κ2) is 37.6. The van der Waals surface area contributed by atoms with Gasteiger partial charge < -0.3 is 40.4 Å². The van der Waals surface area contributed by atoms with E-state index in [0.29, 0.717) is 123 Å². The highest BCUT2D eigenvalue weighted by Crippen LogP contribution is 2.43. The third-order valence-electron chi connectivity index (χ3n) is 23.0. The van der Waals surface area contributed by atoms with Crippen LogP contribution in [0.15, 0.2) is 174 Å². The number of nitrogens with two attached hydrogens (primary N) is 1. The van der Waals surface area contributed by atoms with Gasteiger partial charge in [0.05, 0.1) is 88.0 Å². The van der Waals surface area contributed by atoms with Crippen LogP contribution in [-0.2, 0) is 19.2 Å².